The highest BCUT2D eigenvalue weighted by Crippen LogP contribution is 2.23. The maximum atomic E-state index is 13.1. The molecule has 0 aliphatic carbocycles. The van der Waals surface area contributed by atoms with E-state index in [9.17, 15) is 19.2 Å². The van der Waals surface area contributed by atoms with E-state index >= 15 is 0 Å². The summed E-state index contributed by atoms with van der Waals surface area (Å²) in [4.78, 5) is 56.0. The first kappa shape index (κ1) is 21.9. The number of carbonyl (C=O) groups is 3. The second-order valence-electron chi connectivity index (χ2n) is 6.91. The van der Waals surface area contributed by atoms with E-state index in [-0.39, 0.29) is 43.9 Å². The Bertz CT molecular complexity index is 1140. The first-order valence-electron chi connectivity index (χ1n) is 9.66. The molecule has 1 aromatic carbocycles. The van der Waals surface area contributed by atoms with E-state index in [0.717, 1.165) is 0 Å². The number of anilines is 1. The Hall–Kier alpha value is -3.76. The molecule has 1 aliphatic heterocycles. The number of para-hydroxylation sites is 1. The van der Waals surface area contributed by atoms with Gasteiger partial charge in [0, 0.05) is 24.5 Å². The van der Waals surface area contributed by atoms with Crippen LogP contribution < -0.4 is 16.2 Å². The largest absolute Gasteiger partial charge is 0.372 e. The zero-order valence-corrected chi connectivity index (χ0v) is 16.8. The van der Waals surface area contributed by atoms with Gasteiger partial charge < -0.3 is 10.1 Å². The Balaban J connectivity index is 1.80. The fourth-order valence-corrected chi connectivity index (χ4v) is 3.36. The average Bonchev–Trinajstić information content (AvgIpc) is 2.73. The minimum atomic E-state index is -0.820. The molecule has 2 N–H and O–H groups in total. The summed E-state index contributed by atoms with van der Waals surface area (Å²) in [6, 6.07) is 3.96. The topological polar surface area (TPSA) is 168 Å². The summed E-state index contributed by atoms with van der Waals surface area (Å²) in [5.41, 5.74) is 8.42. The van der Waals surface area contributed by atoms with Gasteiger partial charge in [0.2, 0.25) is 17.7 Å². The number of rotatable bonds is 8. The van der Waals surface area contributed by atoms with E-state index in [2.05, 4.69) is 25.6 Å². The van der Waals surface area contributed by atoms with Crippen LogP contribution in [0.3, 0.4) is 0 Å². The van der Waals surface area contributed by atoms with E-state index in [1.807, 2.05) is 0 Å². The summed E-state index contributed by atoms with van der Waals surface area (Å²) in [6.45, 7) is 1.93. The predicted octanol–water partition coefficient (Wildman–Crippen LogP) is 1.34. The molecule has 1 aliphatic rings. The fourth-order valence-electron chi connectivity index (χ4n) is 3.36. The van der Waals surface area contributed by atoms with Crippen LogP contribution in [0.4, 0.5) is 5.69 Å². The number of benzene rings is 1. The SMILES string of the molecule is Cc1nc2c(NC(=O)COCCCN=[N+]=[N-])cccc2c(=O)n1C1CCC(=O)NC1=O. The van der Waals surface area contributed by atoms with Gasteiger partial charge in [-0.1, -0.05) is 11.2 Å². The summed E-state index contributed by atoms with van der Waals surface area (Å²) >= 11 is 0. The van der Waals surface area contributed by atoms with Crippen molar-refractivity contribution in [3.8, 4) is 0 Å². The van der Waals surface area contributed by atoms with Crippen molar-refractivity contribution in [1.29, 1.82) is 0 Å². The molecule has 31 heavy (non-hydrogen) atoms. The van der Waals surface area contributed by atoms with Gasteiger partial charge in [0.15, 0.2) is 0 Å². The minimum Gasteiger partial charge on any atom is -0.372 e. The van der Waals surface area contributed by atoms with Gasteiger partial charge in [0.25, 0.3) is 5.56 Å². The van der Waals surface area contributed by atoms with Crippen LogP contribution in [-0.4, -0.2) is 47.0 Å². The highest BCUT2D eigenvalue weighted by Gasteiger charge is 2.30. The summed E-state index contributed by atoms with van der Waals surface area (Å²) in [7, 11) is 0. The molecular weight excluding hydrogens is 406 g/mol. The number of azide groups is 1. The second-order valence-corrected chi connectivity index (χ2v) is 6.91. The summed E-state index contributed by atoms with van der Waals surface area (Å²) < 4.78 is 6.52. The zero-order valence-electron chi connectivity index (χ0n) is 16.8. The average molecular weight is 427 g/mol. The van der Waals surface area contributed by atoms with Crippen molar-refractivity contribution >= 4 is 34.3 Å². The molecule has 0 bridgehead atoms. The standard InChI is InChI=1S/C19H21N7O5/c1-11-22-17-12(19(30)26(11)14-6-7-15(27)24-18(14)29)4-2-5-13(17)23-16(28)10-31-9-3-8-21-25-20/h2,4-5,14H,3,6-10H2,1H3,(H,23,28)(H,24,27,29). The van der Waals surface area contributed by atoms with Gasteiger partial charge in [-0.25, -0.2) is 4.98 Å². The Labute approximate surface area is 176 Å². The smallest absolute Gasteiger partial charge is 0.262 e. The number of fused-ring (bicyclic) bond motifs is 1. The molecule has 0 spiro atoms. The predicted molar refractivity (Wildman–Crippen MR) is 110 cm³/mol. The van der Waals surface area contributed by atoms with E-state index in [4.69, 9.17) is 10.3 Å². The molecular formula is C19H21N7O5. The maximum absolute atomic E-state index is 13.1. The Morgan fingerprint density at radius 3 is 2.97 bits per heavy atom. The van der Waals surface area contributed by atoms with Crippen molar-refractivity contribution in [2.24, 2.45) is 5.11 Å². The third-order valence-corrected chi connectivity index (χ3v) is 4.75. The molecule has 1 atom stereocenters. The van der Waals surface area contributed by atoms with Crippen LogP contribution in [0.15, 0.2) is 28.1 Å². The molecule has 1 fully saturated rings. The molecule has 162 valence electrons. The zero-order chi connectivity index (χ0) is 22.4. The van der Waals surface area contributed by atoms with Crippen LogP contribution in [0.1, 0.15) is 31.1 Å². The fraction of sp³-hybridized carbons (Fsp3) is 0.421. The van der Waals surface area contributed by atoms with Crippen LogP contribution >= 0.6 is 0 Å². The second kappa shape index (κ2) is 9.83. The summed E-state index contributed by atoms with van der Waals surface area (Å²) in [6.07, 6.45) is 0.845. The molecule has 1 aromatic heterocycles. The highest BCUT2D eigenvalue weighted by molar-refractivity contribution is 6.01. The van der Waals surface area contributed by atoms with Crippen molar-refractivity contribution in [2.75, 3.05) is 25.1 Å². The molecule has 3 rings (SSSR count). The van der Waals surface area contributed by atoms with Gasteiger partial charge >= 0.3 is 0 Å². The number of imide groups is 1. The molecule has 3 amide bonds. The molecule has 2 heterocycles. The van der Waals surface area contributed by atoms with Crippen LogP contribution in [-0.2, 0) is 19.1 Å². The van der Waals surface area contributed by atoms with Gasteiger partial charge in [-0.3, -0.25) is 29.1 Å². The van der Waals surface area contributed by atoms with Crippen molar-refractivity contribution < 1.29 is 19.1 Å². The number of piperidine rings is 1. The lowest BCUT2D eigenvalue weighted by Crippen LogP contribution is -2.45. The number of carbonyl (C=O) groups excluding carboxylic acids is 3. The number of aryl methyl sites for hydroxylation is 1. The van der Waals surface area contributed by atoms with Crippen molar-refractivity contribution in [3.63, 3.8) is 0 Å². The number of amides is 3. The Kier molecular flexibility index (Phi) is 6.96. The van der Waals surface area contributed by atoms with Crippen LogP contribution in [0, 0.1) is 6.92 Å². The molecule has 1 saturated heterocycles. The number of hydrogen-bond donors (Lipinski definition) is 2. The van der Waals surface area contributed by atoms with Gasteiger partial charge in [0.1, 0.15) is 24.0 Å². The Morgan fingerprint density at radius 1 is 1.42 bits per heavy atom. The molecule has 1 unspecified atom stereocenters. The van der Waals surface area contributed by atoms with Crippen molar-refractivity contribution in [2.45, 2.75) is 32.2 Å². The number of aromatic nitrogens is 2. The third kappa shape index (κ3) is 5.05. The number of nitrogens with zero attached hydrogens (tertiary/aromatic N) is 5. The molecule has 0 saturated carbocycles. The van der Waals surface area contributed by atoms with E-state index < -0.39 is 23.4 Å². The van der Waals surface area contributed by atoms with Gasteiger partial charge in [0.05, 0.1) is 11.1 Å². The quantitative estimate of drug-likeness (QED) is 0.212. The van der Waals surface area contributed by atoms with Crippen LogP contribution in [0.2, 0.25) is 0 Å². The molecule has 12 heteroatoms. The van der Waals surface area contributed by atoms with E-state index in [1.165, 1.54) is 4.57 Å². The van der Waals surface area contributed by atoms with E-state index in [1.54, 1.807) is 25.1 Å². The van der Waals surface area contributed by atoms with Gasteiger partial charge in [-0.05, 0) is 37.4 Å². The number of hydrogen-bond acceptors (Lipinski definition) is 7. The Morgan fingerprint density at radius 2 is 2.23 bits per heavy atom. The first-order chi connectivity index (χ1) is 14.9. The normalized spacial score (nSPS) is 16.0. The van der Waals surface area contributed by atoms with Gasteiger partial charge in [-0.15, -0.1) is 0 Å². The molecule has 12 nitrogen and oxygen atoms in total. The summed E-state index contributed by atoms with van der Waals surface area (Å²) in [5.74, 6) is -1.04. The lowest BCUT2D eigenvalue weighted by Gasteiger charge is -2.24. The summed E-state index contributed by atoms with van der Waals surface area (Å²) in [5, 5.41) is 8.53. The van der Waals surface area contributed by atoms with Crippen molar-refractivity contribution in [1.82, 2.24) is 14.9 Å². The molecule has 2 aromatic rings. The monoisotopic (exact) mass is 427 g/mol. The van der Waals surface area contributed by atoms with Gasteiger partial charge in [-0.2, -0.15) is 0 Å². The lowest BCUT2D eigenvalue weighted by molar-refractivity contribution is -0.135. The number of nitrogens with one attached hydrogen (secondary N) is 2. The van der Waals surface area contributed by atoms with Crippen LogP contribution in [0.5, 0.6) is 0 Å². The first-order valence-corrected chi connectivity index (χ1v) is 9.66. The lowest BCUT2D eigenvalue weighted by atomic mass is 10.1. The third-order valence-electron chi connectivity index (χ3n) is 4.75. The number of ether oxygens (including phenoxy) is 1. The van der Waals surface area contributed by atoms with E-state index in [0.29, 0.717) is 23.4 Å². The maximum Gasteiger partial charge on any atom is 0.262 e. The van der Waals surface area contributed by atoms with Crippen molar-refractivity contribution in [3.05, 3.63) is 44.8 Å². The van der Waals surface area contributed by atoms with Crippen LogP contribution in [0.25, 0.3) is 21.3 Å². The minimum absolute atomic E-state index is 0.138. The molecule has 0 radical (unpaired) electrons. The highest BCUT2D eigenvalue weighted by atomic mass is 16.5.